The fraction of sp³-hybridized carbons (Fsp3) is 0.611. The summed E-state index contributed by atoms with van der Waals surface area (Å²) >= 11 is 0. The number of benzene rings is 1. The van der Waals surface area contributed by atoms with Crippen LogP contribution < -0.4 is 10.6 Å². The molecule has 1 aliphatic rings. The Bertz CT molecular complexity index is 544. The minimum atomic E-state index is -0.662. The number of aliphatic hydroxyl groups excluding tert-OH is 1. The number of carbonyl (C=O) groups excluding carboxylic acids is 1. The first-order valence-corrected chi connectivity index (χ1v) is 9.00. The van der Waals surface area contributed by atoms with Crippen LogP contribution in [0, 0.1) is 0 Å². The molecule has 1 aliphatic heterocycles. The predicted octanol–water partition coefficient (Wildman–Crippen LogP) is 0.156. The van der Waals surface area contributed by atoms with E-state index in [1.165, 1.54) is 0 Å². The summed E-state index contributed by atoms with van der Waals surface area (Å²) < 4.78 is 10.7. The van der Waals surface area contributed by atoms with Gasteiger partial charge in [-0.05, 0) is 0 Å². The number of rotatable bonds is 9. The molecule has 1 saturated heterocycles. The third-order valence-electron chi connectivity index (χ3n) is 4.81. The van der Waals surface area contributed by atoms with E-state index < -0.39 is 6.10 Å². The monoisotopic (exact) mass is 345 g/mol. The van der Waals surface area contributed by atoms with Gasteiger partial charge in [-0.2, -0.15) is 0 Å². The number of hydrogen-bond donors (Lipinski definition) is 3. The molecule has 3 atom stereocenters. The Morgan fingerprint density at radius 2 is 2.12 bits per heavy atom. The van der Waals surface area contributed by atoms with Gasteiger partial charge in [0.05, 0.1) is 0 Å². The molecule has 0 spiro atoms. The van der Waals surface area contributed by atoms with Crippen molar-refractivity contribution in [2.75, 3.05) is 26.6 Å². The van der Waals surface area contributed by atoms with Crippen molar-refractivity contribution >= 4 is 13.1 Å². The first-order valence-electron chi connectivity index (χ1n) is 9.00. The van der Waals surface area contributed by atoms with Gasteiger partial charge >= 0.3 is 150 Å². The van der Waals surface area contributed by atoms with Crippen molar-refractivity contribution in [1.29, 1.82) is 0 Å². The first kappa shape index (κ1) is 19.8. The zero-order chi connectivity index (χ0) is 18.1. The van der Waals surface area contributed by atoms with Crippen molar-refractivity contribution in [3.63, 3.8) is 0 Å². The van der Waals surface area contributed by atoms with Crippen LogP contribution in [0.1, 0.15) is 24.8 Å². The summed E-state index contributed by atoms with van der Waals surface area (Å²) in [4.78, 5) is 14.2. The van der Waals surface area contributed by atoms with Crippen LogP contribution >= 0.6 is 0 Å². The Kier molecular flexibility index (Phi) is 8.24. The van der Waals surface area contributed by atoms with Crippen molar-refractivity contribution in [3.05, 3.63) is 35.9 Å². The molecule has 7 heteroatoms. The van der Waals surface area contributed by atoms with Crippen LogP contribution in [-0.2, 0) is 15.9 Å². The second-order valence-electron chi connectivity index (χ2n) is 6.56. The van der Waals surface area contributed by atoms with E-state index >= 15 is 0 Å². The third kappa shape index (κ3) is 6.02. The number of hydrogen-bond acceptors (Lipinski definition) is 5. The van der Waals surface area contributed by atoms with Crippen molar-refractivity contribution < 1.29 is 14.6 Å². The molecule has 0 bridgehead atoms. The third-order valence-corrected chi connectivity index (χ3v) is 4.81. The number of likely N-dealkylation sites (N-methyl/N-ethyl adjacent to an activating group) is 1. The molecule has 1 amide bonds. The van der Waals surface area contributed by atoms with Crippen LogP contribution in [-0.4, -0.2) is 67.8 Å². The van der Waals surface area contributed by atoms with E-state index in [-0.39, 0.29) is 24.4 Å². The second kappa shape index (κ2) is 10.4. The van der Waals surface area contributed by atoms with Crippen molar-refractivity contribution in [3.8, 4) is 0 Å². The molecular formula is C18H28BN3O3. The normalized spacial score (nSPS) is 20.5. The molecule has 25 heavy (non-hydrogen) atoms. The van der Waals surface area contributed by atoms with Crippen LogP contribution in [0.3, 0.4) is 0 Å². The van der Waals surface area contributed by atoms with Gasteiger partial charge in [0.2, 0.25) is 0 Å². The molecule has 1 fully saturated rings. The second-order valence-corrected chi connectivity index (χ2v) is 6.56. The fourth-order valence-electron chi connectivity index (χ4n) is 3.45. The zero-order valence-corrected chi connectivity index (χ0v) is 14.9. The van der Waals surface area contributed by atoms with E-state index in [0.717, 1.165) is 38.5 Å². The molecule has 3 unspecified atom stereocenters. The topological polar surface area (TPSA) is 81.7 Å². The summed E-state index contributed by atoms with van der Waals surface area (Å²) in [5.74, 6) is 0.00681. The van der Waals surface area contributed by atoms with Gasteiger partial charge in [-0.25, -0.2) is 0 Å². The zero-order valence-electron chi connectivity index (χ0n) is 14.9. The molecule has 3 N–H and O–H groups in total. The van der Waals surface area contributed by atoms with Gasteiger partial charge < -0.3 is 0 Å². The van der Waals surface area contributed by atoms with Gasteiger partial charge in [0, 0.05) is 0 Å². The molecule has 6 nitrogen and oxygen atoms in total. The summed E-state index contributed by atoms with van der Waals surface area (Å²) in [6.45, 7) is 1.22. The number of carbonyl (C=O) groups is 1. The number of β-amino-alcohol motifs (C(OH)–C–C–N with tert-alkyl or cyclic N) is 1. The SMILES string of the molecule is CNC(=O)C1CCCCN1CC(O)C(Cc1ccccc1)NCB=O. The van der Waals surface area contributed by atoms with E-state index in [9.17, 15) is 14.6 Å². The van der Waals surface area contributed by atoms with Crippen LogP contribution in [0.5, 0.6) is 0 Å². The van der Waals surface area contributed by atoms with Gasteiger partial charge in [-0.15, -0.1) is 0 Å². The van der Waals surface area contributed by atoms with Gasteiger partial charge in [0.15, 0.2) is 0 Å². The van der Waals surface area contributed by atoms with E-state index in [4.69, 9.17) is 0 Å². The average Bonchev–Trinajstić information content (AvgIpc) is 2.65. The summed E-state index contributed by atoms with van der Waals surface area (Å²) in [6.07, 6.45) is 3.05. The maximum atomic E-state index is 12.1. The molecule has 1 heterocycles. The standard InChI is InChI=1S/C18H28BN3O3/c1-20-18(24)16-9-5-6-10-22(16)12-17(23)15(21-13-19-25)11-14-7-3-2-4-8-14/h2-4,7-8,15-17,21,23H,5-6,9-13H2,1H3,(H,20,24). The minimum absolute atomic E-state index is 0.00681. The summed E-state index contributed by atoms with van der Waals surface area (Å²) in [7, 11) is 2.45. The number of piperidine rings is 1. The Morgan fingerprint density at radius 1 is 1.36 bits per heavy atom. The summed E-state index contributed by atoms with van der Waals surface area (Å²) in [6, 6.07) is 9.48. The van der Waals surface area contributed by atoms with Gasteiger partial charge in [0.1, 0.15) is 0 Å². The molecule has 1 aromatic rings. The molecule has 0 saturated carbocycles. The Balaban J connectivity index is 2.02. The number of amides is 1. The quantitative estimate of drug-likeness (QED) is 0.556. The molecule has 1 aromatic carbocycles. The maximum absolute atomic E-state index is 12.1. The predicted molar refractivity (Wildman–Crippen MR) is 97.7 cm³/mol. The van der Waals surface area contributed by atoms with E-state index in [1.54, 1.807) is 7.05 Å². The average molecular weight is 345 g/mol. The Morgan fingerprint density at radius 3 is 2.80 bits per heavy atom. The van der Waals surface area contributed by atoms with Crippen molar-refractivity contribution in [2.24, 2.45) is 0 Å². The Labute approximate surface area is 150 Å². The summed E-state index contributed by atoms with van der Waals surface area (Å²) in [5.41, 5.74) is 1.10. The molecule has 2 rings (SSSR count). The Hall–Kier alpha value is -1.57. The van der Waals surface area contributed by atoms with Crippen LogP contribution in [0.2, 0.25) is 0 Å². The molecule has 0 aromatic heterocycles. The molecule has 136 valence electrons. The molecule has 0 radical (unpaired) electrons. The summed E-state index contributed by atoms with van der Waals surface area (Å²) in [5, 5.41) is 16.6. The van der Waals surface area contributed by atoms with Crippen molar-refractivity contribution in [1.82, 2.24) is 15.5 Å². The molecular weight excluding hydrogens is 317 g/mol. The van der Waals surface area contributed by atoms with Gasteiger partial charge in [0.25, 0.3) is 0 Å². The van der Waals surface area contributed by atoms with Gasteiger partial charge in [-0.3, -0.25) is 0 Å². The van der Waals surface area contributed by atoms with E-state index in [0.29, 0.717) is 13.0 Å². The van der Waals surface area contributed by atoms with Crippen LogP contribution in [0.25, 0.3) is 0 Å². The number of aliphatic hydroxyl groups is 1. The van der Waals surface area contributed by atoms with Crippen LogP contribution in [0.15, 0.2) is 30.3 Å². The van der Waals surface area contributed by atoms with E-state index in [2.05, 4.69) is 15.5 Å². The first-order chi connectivity index (χ1) is 12.2. The molecule has 0 aliphatic carbocycles. The number of nitrogens with zero attached hydrogens (tertiary/aromatic N) is 1. The number of likely N-dealkylation sites (tertiary alicyclic amines) is 1. The van der Waals surface area contributed by atoms with Gasteiger partial charge in [-0.1, -0.05) is 0 Å². The van der Waals surface area contributed by atoms with Crippen LogP contribution in [0.4, 0.5) is 0 Å². The fourth-order valence-corrected chi connectivity index (χ4v) is 3.45. The number of nitrogens with one attached hydrogen (secondary N) is 2. The van der Waals surface area contributed by atoms with E-state index in [1.807, 2.05) is 30.3 Å². The van der Waals surface area contributed by atoms with Crippen molar-refractivity contribution in [2.45, 2.75) is 43.9 Å².